The van der Waals surface area contributed by atoms with Gasteiger partial charge >= 0.3 is 0 Å². The first-order valence-corrected chi connectivity index (χ1v) is 9.95. The molecule has 1 amide bonds. The summed E-state index contributed by atoms with van der Waals surface area (Å²) in [5.41, 5.74) is 3.45. The van der Waals surface area contributed by atoms with Crippen LogP contribution in [-0.2, 0) is 12.8 Å². The SMILES string of the molecule is O=C(NCCc1ccc(Cl)cc1)c1ccc2nnc(Cc3ccc(Cl)cc3)n2c1. The number of carbonyl (C=O) groups excluding carboxylic acids is 1. The van der Waals surface area contributed by atoms with E-state index < -0.39 is 0 Å². The van der Waals surface area contributed by atoms with Crippen LogP contribution in [0.3, 0.4) is 0 Å². The summed E-state index contributed by atoms with van der Waals surface area (Å²) in [5.74, 6) is 0.630. The molecule has 5 nitrogen and oxygen atoms in total. The number of nitrogens with zero attached hydrogens (tertiary/aromatic N) is 3. The van der Waals surface area contributed by atoms with Crippen LogP contribution in [0.2, 0.25) is 10.0 Å². The molecule has 0 saturated heterocycles. The molecule has 0 aliphatic carbocycles. The van der Waals surface area contributed by atoms with Gasteiger partial charge < -0.3 is 5.32 Å². The monoisotopic (exact) mass is 424 g/mol. The molecule has 0 aliphatic rings. The first kappa shape index (κ1) is 19.4. The summed E-state index contributed by atoms with van der Waals surface area (Å²) in [6.07, 6.45) is 3.11. The molecule has 0 atom stereocenters. The summed E-state index contributed by atoms with van der Waals surface area (Å²) >= 11 is 11.8. The highest BCUT2D eigenvalue weighted by Gasteiger charge is 2.11. The van der Waals surface area contributed by atoms with E-state index in [1.807, 2.05) is 52.9 Å². The van der Waals surface area contributed by atoms with Crippen molar-refractivity contribution in [2.45, 2.75) is 12.8 Å². The molecule has 7 heteroatoms. The molecular formula is C22H18Cl2N4O. The molecule has 146 valence electrons. The van der Waals surface area contributed by atoms with Crippen molar-refractivity contribution in [3.05, 3.63) is 99.4 Å². The van der Waals surface area contributed by atoms with E-state index in [0.29, 0.717) is 34.2 Å². The lowest BCUT2D eigenvalue weighted by molar-refractivity contribution is 0.0953. The van der Waals surface area contributed by atoms with Crippen LogP contribution < -0.4 is 5.32 Å². The lowest BCUT2D eigenvalue weighted by Gasteiger charge is -2.07. The van der Waals surface area contributed by atoms with Crippen LogP contribution in [0.15, 0.2) is 66.9 Å². The van der Waals surface area contributed by atoms with E-state index in [1.165, 1.54) is 0 Å². The number of nitrogens with one attached hydrogen (secondary N) is 1. The van der Waals surface area contributed by atoms with Gasteiger partial charge in [0.1, 0.15) is 5.82 Å². The number of fused-ring (bicyclic) bond motifs is 1. The van der Waals surface area contributed by atoms with Crippen molar-refractivity contribution in [3.63, 3.8) is 0 Å². The molecule has 0 bridgehead atoms. The number of halogens is 2. The molecule has 2 heterocycles. The third-order valence-electron chi connectivity index (χ3n) is 4.62. The molecule has 0 fully saturated rings. The van der Waals surface area contributed by atoms with Gasteiger partial charge in [-0.25, -0.2) is 0 Å². The van der Waals surface area contributed by atoms with Crippen LogP contribution in [0.1, 0.15) is 27.3 Å². The van der Waals surface area contributed by atoms with E-state index in [2.05, 4.69) is 15.5 Å². The molecule has 2 aromatic carbocycles. The smallest absolute Gasteiger partial charge is 0.252 e. The van der Waals surface area contributed by atoms with Gasteiger partial charge in [0.2, 0.25) is 0 Å². The van der Waals surface area contributed by atoms with Crippen molar-refractivity contribution < 1.29 is 4.79 Å². The number of hydrogen-bond acceptors (Lipinski definition) is 3. The fourth-order valence-electron chi connectivity index (χ4n) is 3.05. The Kier molecular flexibility index (Phi) is 5.79. The number of rotatable bonds is 6. The number of aromatic nitrogens is 3. The standard InChI is InChI=1S/C22H18Cl2N4O/c23-18-6-1-15(2-7-18)11-12-25-22(29)17-5-10-20-26-27-21(28(20)14-17)13-16-3-8-19(24)9-4-16/h1-10,14H,11-13H2,(H,25,29). The van der Waals surface area contributed by atoms with Gasteiger partial charge in [-0.1, -0.05) is 47.5 Å². The van der Waals surface area contributed by atoms with Gasteiger partial charge in [0.15, 0.2) is 5.65 Å². The molecule has 2 aromatic heterocycles. The van der Waals surface area contributed by atoms with Gasteiger partial charge in [0.25, 0.3) is 5.91 Å². The fraction of sp³-hybridized carbons (Fsp3) is 0.136. The van der Waals surface area contributed by atoms with E-state index in [-0.39, 0.29) is 5.91 Å². The Hall–Kier alpha value is -2.89. The van der Waals surface area contributed by atoms with E-state index >= 15 is 0 Å². The molecular weight excluding hydrogens is 407 g/mol. The molecule has 29 heavy (non-hydrogen) atoms. The summed E-state index contributed by atoms with van der Waals surface area (Å²) < 4.78 is 1.85. The highest BCUT2D eigenvalue weighted by Crippen LogP contribution is 2.15. The summed E-state index contributed by atoms with van der Waals surface area (Å²) in [6.45, 7) is 0.540. The second-order valence-electron chi connectivity index (χ2n) is 6.70. The second-order valence-corrected chi connectivity index (χ2v) is 7.57. The van der Waals surface area contributed by atoms with E-state index in [9.17, 15) is 4.79 Å². The van der Waals surface area contributed by atoms with Crippen LogP contribution in [0, 0.1) is 0 Å². The zero-order valence-corrected chi connectivity index (χ0v) is 17.0. The van der Waals surface area contributed by atoms with Gasteiger partial charge in [-0.2, -0.15) is 0 Å². The average molecular weight is 425 g/mol. The zero-order valence-electron chi connectivity index (χ0n) is 15.5. The largest absolute Gasteiger partial charge is 0.352 e. The third kappa shape index (κ3) is 4.75. The van der Waals surface area contributed by atoms with Crippen molar-refractivity contribution in [1.29, 1.82) is 0 Å². The average Bonchev–Trinajstić information content (AvgIpc) is 3.13. The van der Waals surface area contributed by atoms with Crippen LogP contribution in [-0.4, -0.2) is 27.0 Å². The third-order valence-corrected chi connectivity index (χ3v) is 5.13. The van der Waals surface area contributed by atoms with Crippen molar-refractivity contribution in [2.75, 3.05) is 6.54 Å². The van der Waals surface area contributed by atoms with Crippen molar-refractivity contribution in [3.8, 4) is 0 Å². The number of benzene rings is 2. The lowest BCUT2D eigenvalue weighted by atomic mass is 10.1. The second kappa shape index (κ2) is 8.64. The lowest BCUT2D eigenvalue weighted by Crippen LogP contribution is -2.26. The number of pyridine rings is 1. The molecule has 1 N–H and O–H groups in total. The maximum Gasteiger partial charge on any atom is 0.252 e. The summed E-state index contributed by atoms with van der Waals surface area (Å²) in [7, 11) is 0. The predicted molar refractivity (Wildman–Crippen MR) is 115 cm³/mol. The van der Waals surface area contributed by atoms with Crippen LogP contribution >= 0.6 is 23.2 Å². The maximum atomic E-state index is 12.6. The minimum atomic E-state index is -0.132. The van der Waals surface area contributed by atoms with E-state index in [0.717, 1.165) is 23.4 Å². The Bertz CT molecular complexity index is 1140. The molecule has 0 radical (unpaired) electrons. The summed E-state index contributed by atoms with van der Waals surface area (Å²) in [4.78, 5) is 12.6. The first-order valence-electron chi connectivity index (χ1n) is 9.19. The van der Waals surface area contributed by atoms with Crippen LogP contribution in [0.5, 0.6) is 0 Å². The van der Waals surface area contributed by atoms with E-state index in [1.54, 1.807) is 18.3 Å². The topological polar surface area (TPSA) is 59.3 Å². The number of hydrogen-bond donors (Lipinski definition) is 1. The number of carbonyl (C=O) groups is 1. The van der Waals surface area contributed by atoms with Crippen molar-refractivity contribution in [1.82, 2.24) is 19.9 Å². The summed E-state index contributed by atoms with van der Waals surface area (Å²) in [6, 6.07) is 18.8. The zero-order chi connectivity index (χ0) is 20.2. The minimum Gasteiger partial charge on any atom is -0.352 e. The molecule has 0 saturated carbocycles. The predicted octanol–water partition coefficient (Wildman–Crippen LogP) is 4.60. The molecule has 0 aliphatic heterocycles. The highest BCUT2D eigenvalue weighted by molar-refractivity contribution is 6.30. The van der Waals surface area contributed by atoms with Gasteiger partial charge in [0, 0.05) is 29.2 Å². The molecule has 0 unspecified atom stereocenters. The Labute approximate surface area is 178 Å². The van der Waals surface area contributed by atoms with Crippen molar-refractivity contribution >= 4 is 34.8 Å². The molecule has 4 rings (SSSR count). The van der Waals surface area contributed by atoms with Crippen molar-refractivity contribution in [2.24, 2.45) is 0 Å². The Morgan fingerprint density at radius 1 is 0.862 bits per heavy atom. The van der Waals surface area contributed by atoms with E-state index in [4.69, 9.17) is 23.2 Å². The minimum absolute atomic E-state index is 0.132. The maximum absolute atomic E-state index is 12.6. The van der Waals surface area contributed by atoms with Gasteiger partial charge in [-0.05, 0) is 53.9 Å². The van der Waals surface area contributed by atoms with Crippen LogP contribution in [0.4, 0.5) is 0 Å². The highest BCUT2D eigenvalue weighted by atomic mass is 35.5. The Morgan fingerprint density at radius 3 is 2.21 bits per heavy atom. The molecule has 0 spiro atoms. The fourth-order valence-corrected chi connectivity index (χ4v) is 3.30. The Balaban J connectivity index is 1.45. The van der Waals surface area contributed by atoms with Gasteiger partial charge in [-0.15, -0.1) is 10.2 Å². The normalized spacial score (nSPS) is 11.0. The van der Waals surface area contributed by atoms with Gasteiger partial charge in [-0.3, -0.25) is 9.20 Å². The quantitative estimate of drug-likeness (QED) is 0.491. The van der Waals surface area contributed by atoms with Gasteiger partial charge in [0.05, 0.1) is 5.56 Å². The molecule has 4 aromatic rings. The Morgan fingerprint density at radius 2 is 1.52 bits per heavy atom. The summed E-state index contributed by atoms with van der Waals surface area (Å²) in [5, 5.41) is 12.8. The number of amides is 1. The van der Waals surface area contributed by atoms with Crippen LogP contribution in [0.25, 0.3) is 5.65 Å². The first-order chi connectivity index (χ1) is 14.1.